The van der Waals surface area contributed by atoms with Crippen LogP contribution in [0.5, 0.6) is 0 Å². The van der Waals surface area contributed by atoms with Crippen LogP contribution in [-0.2, 0) is 5.41 Å². The third-order valence-corrected chi connectivity index (χ3v) is 13.4. The van der Waals surface area contributed by atoms with E-state index in [0.717, 1.165) is 34.5 Å². The van der Waals surface area contributed by atoms with Crippen molar-refractivity contribution >= 4 is 55.7 Å². The van der Waals surface area contributed by atoms with E-state index in [1.807, 2.05) is 0 Å². The molecule has 0 aliphatic heterocycles. The first kappa shape index (κ1) is 35.5. The molecule has 2 heteroatoms. The summed E-state index contributed by atoms with van der Waals surface area (Å²) in [5.41, 5.74) is 16.9. The minimum Gasteiger partial charge on any atom is -0.459 e. The minimum absolute atomic E-state index is 0.0291. The number of nitrogens with zero attached hydrogens (tertiary/aromatic N) is 1. The normalized spacial score (nSPS) is 14.9. The molecule has 290 valence electrons. The van der Waals surface area contributed by atoms with Gasteiger partial charge in [0.05, 0.1) is 11.4 Å². The summed E-state index contributed by atoms with van der Waals surface area (Å²) in [6.45, 7) is 4.73. The Kier molecular flexibility index (Phi) is 8.05. The van der Waals surface area contributed by atoms with E-state index in [2.05, 4.69) is 225 Å². The van der Waals surface area contributed by atoms with Crippen molar-refractivity contribution in [3.63, 3.8) is 0 Å². The Morgan fingerprint density at radius 2 is 1.16 bits per heavy atom. The fourth-order valence-electron chi connectivity index (χ4n) is 10.5. The molecule has 12 rings (SSSR count). The monoisotopic (exact) mass is 781 g/mol. The lowest BCUT2D eigenvalue weighted by Gasteiger charge is -2.32. The highest BCUT2D eigenvalue weighted by atomic mass is 16.3. The van der Waals surface area contributed by atoms with Crippen molar-refractivity contribution in [2.24, 2.45) is 0 Å². The van der Waals surface area contributed by atoms with Crippen molar-refractivity contribution in [3.05, 3.63) is 228 Å². The van der Waals surface area contributed by atoms with Crippen LogP contribution in [0.1, 0.15) is 54.2 Å². The van der Waals surface area contributed by atoms with Crippen molar-refractivity contribution in [1.82, 2.24) is 0 Å². The lowest BCUT2D eigenvalue weighted by atomic mass is 9.82. The largest absolute Gasteiger partial charge is 0.459 e. The van der Waals surface area contributed by atoms with Gasteiger partial charge in [-0.3, -0.25) is 0 Å². The molecule has 1 aromatic heterocycles. The van der Waals surface area contributed by atoms with E-state index in [9.17, 15) is 0 Å². The highest BCUT2D eigenvalue weighted by Crippen LogP contribution is 2.55. The molecule has 2 nitrogen and oxygen atoms in total. The van der Waals surface area contributed by atoms with Gasteiger partial charge in [-0.2, -0.15) is 0 Å². The minimum atomic E-state index is -0.133. The number of furan rings is 1. The van der Waals surface area contributed by atoms with Crippen LogP contribution in [0.15, 0.2) is 205 Å². The Balaban J connectivity index is 1.03. The number of hydrogen-bond acceptors (Lipinski definition) is 2. The third-order valence-electron chi connectivity index (χ3n) is 13.4. The van der Waals surface area contributed by atoms with Gasteiger partial charge in [-0.15, -0.1) is 0 Å². The number of hydrogen-bond donors (Lipinski definition) is 0. The zero-order valence-corrected chi connectivity index (χ0v) is 34.3. The van der Waals surface area contributed by atoms with Crippen molar-refractivity contribution in [3.8, 4) is 33.4 Å². The summed E-state index contributed by atoms with van der Waals surface area (Å²) in [5.74, 6) is 1.06. The Hall–Kier alpha value is -7.42. The Morgan fingerprint density at radius 1 is 0.508 bits per heavy atom. The van der Waals surface area contributed by atoms with E-state index < -0.39 is 0 Å². The summed E-state index contributed by atoms with van der Waals surface area (Å²) >= 11 is 0. The maximum atomic E-state index is 7.02. The third kappa shape index (κ3) is 5.56. The first-order valence-corrected chi connectivity index (χ1v) is 21.4. The lowest BCUT2D eigenvalue weighted by Crippen LogP contribution is -2.17. The van der Waals surface area contributed by atoms with Crippen LogP contribution in [0.4, 0.5) is 17.1 Å². The molecule has 1 heterocycles. The second-order valence-corrected chi connectivity index (χ2v) is 17.2. The van der Waals surface area contributed by atoms with Crippen molar-refractivity contribution in [2.75, 3.05) is 4.90 Å². The molecular weight excluding hydrogens is 739 g/mol. The molecular formula is C59H43NO. The molecule has 0 radical (unpaired) electrons. The molecule has 0 bridgehead atoms. The average Bonchev–Trinajstić information content (AvgIpc) is 3.82. The van der Waals surface area contributed by atoms with E-state index in [1.54, 1.807) is 0 Å². The predicted octanol–water partition coefficient (Wildman–Crippen LogP) is 16.4. The topological polar surface area (TPSA) is 16.4 Å². The SMILES string of the molecule is CC1(C)c2ccccc2-c2c(N(c3ccc(-c4cccc(-c5cccc6ccccc56)c4)cc3)c3ccccc3C3CC=Cc4c3oc3c4ccc4ccccc43)cccc21. The first-order chi connectivity index (χ1) is 30.0. The van der Waals surface area contributed by atoms with Gasteiger partial charge in [0.1, 0.15) is 11.3 Å². The van der Waals surface area contributed by atoms with Gasteiger partial charge in [-0.25, -0.2) is 0 Å². The second kappa shape index (κ2) is 13.8. The summed E-state index contributed by atoms with van der Waals surface area (Å²) in [6.07, 6.45) is 5.45. The van der Waals surface area contributed by atoms with Crippen LogP contribution >= 0.6 is 0 Å². The van der Waals surface area contributed by atoms with Crippen LogP contribution in [0.2, 0.25) is 0 Å². The first-order valence-electron chi connectivity index (χ1n) is 21.4. The molecule has 0 saturated carbocycles. The quantitative estimate of drug-likeness (QED) is 0.167. The average molecular weight is 782 g/mol. The summed E-state index contributed by atoms with van der Waals surface area (Å²) in [7, 11) is 0. The summed E-state index contributed by atoms with van der Waals surface area (Å²) in [4.78, 5) is 2.51. The van der Waals surface area contributed by atoms with Crippen LogP contribution in [-0.4, -0.2) is 0 Å². The Labute approximate surface area is 356 Å². The predicted molar refractivity (Wildman–Crippen MR) is 256 cm³/mol. The zero-order chi connectivity index (χ0) is 40.7. The van der Waals surface area contributed by atoms with E-state index >= 15 is 0 Å². The van der Waals surface area contributed by atoms with Crippen molar-refractivity contribution in [2.45, 2.75) is 31.6 Å². The summed E-state index contributed by atoms with van der Waals surface area (Å²) < 4.78 is 7.02. The number of allylic oxidation sites excluding steroid dienone is 1. The molecule has 0 fully saturated rings. The molecule has 2 aliphatic carbocycles. The van der Waals surface area contributed by atoms with E-state index in [-0.39, 0.29) is 11.3 Å². The molecule has 2 aliphatic rings. The highest BCUT2D eigenvalue weighted by molar-refractivity contribution is 6.08. The summed E-state index contributed by atoms with van der Waals surface area (Å²) in [5, 5.41) is 6.04. The molecule has 1 atom stereocenters. The van der Waals surface area contributed by atoms with Gasteiger partial charge >= 0.3 is 0 Å². The number of fused-ring (bicyclic) bond motifs is 9. The standard InChI is InChI=1S/C59H43NO/c1-59(2)52-27-9-7-23-51(52)56-53(59)28-14-30-55(56)60(43-34-31-38(32-35-43)41-18-11-19-42(37-41)45-24-12-17-39-15-3-5-20-44(39)45)54-29-10-8-22-47(54)48-25-13-26-49-50-36-33-40-16-4-6-21-46(40)57(50)61-58(48)49/h3-24,26-37,48H,25H2,1-2H3. The lowest BCUT2D eigenvalue weighted by molar-refractivity contribution is 0.519. The summed E-state index contributed by atoms with van der Waals surface area (Å²) in [6, 6.07) is 71.3. The number of rotatable bonds is 6. The van der Waals surface area contributed by atoms with Crippen LogP contribution < -0.4 is 4.90 Å². The van der Waals surface area contributed by atoms with E-state index in [4.69, 9.17) is 4.42 Å². The smallest absolute Gasteiger partial charge is 0.142 e. The van der Waals surface area contributed by atoms with Gasteiger partial charge in [0.2, 0.25) is 0 Å². The van der Waals surface area contributed by atoms with Gasteiger partial charge < -0.3 is 9.32 Å². The van der Waals surface area contributed by atoms with Crippen LogP contribution in [0.25, 0.3) is 72.0 Å². The van der Waals surface area contributed by atoms with Crippen LogP contribution in [0.3, 0.4) is 0 Å². The molecule has 0 spiro atoms. The molecule has 1 unspecified atom stereocenters. The fraction of sp³-hybridized carbons (Fsp3) is 0.0847. The molecule has 10 aromatic rings. The Morgan fingerprint density at radius 3 is 2.05 bits per heavy atom. The zero-order valence-electron chi connectivity index (χ0n) is 34.3. The molecule has 0 saturated heterocycles. The van der Waals surface area contributed by atoms with Gasteiger partial charge in [-0.1, -0.05) is 184 Å². The van der Waals surface area contributed by atoms with Crippen molar-refractivity contribution < 1.29 is 4.42 Å². The number of para-hydroxylation sites is 1. The van der Waals surface area contributed by atoms with Gasteiger partial charge in [0.25, 0.3) is 0 Å². The highest BCUT2D eigenvalue weighted by Gasteiger charge is 2.38. The molecule has 0 N–H and O–H groups in total. The fourth-order valence-corrected chi connectivity index (χ4v) is 10.5. The van der Waals surface area contributed by atoms with Gasteiger partial charge in [0, 0.05) is 38.9 Å². The van der Waals surface area contributed by atoms with Gasteiger partial charge in [-0.05, 0) is 103 Å². The molecule has 61 heavy (non-hydrogen) atoms. The van der Waals surface area contributed by atoms with Crippen molar-refractivity contribution in [1.29, 1.82) is 0 Å². The maximum absolute atomic E-state index is 7.02. The number of benzene rings is 9. The van der Waals surface area contributed by atoms with Gasteiger partial charge in [0.15, 0.2) is 0 Å². The molecule has 9 aromatic carbocycles. The van der Waals surface area contributed by atoms with Crippen LogP contribution in [0, 0.1) is 0 Å². The number of anilines is 3. The van der Waals surface area contributed by atoms with E-state index in [1.165, 1.54) is 82.9 Å². The maximum Gasteiger partial charge on any atom is 0.142 e. The van der Waals surface area contributed by atoms with E-state index in [0.29, 0.717) is 0 Å². The molecule has 0 amide bonds. The Bertz CT molecular complexity index is 3380. The second-order valence-electron chi connectivity index (χ2n) is 17.2.